The van der Waals surface area contributed by atoms with E-state index in [1.54, 1.807) is 7.05 Å². The van der Waals surface area contributed by atoms with Crippen LogP contribution in [0.25, 0.3) is 0 Å². The number of rotatable bonds is 4. The van der Waals surface area contributed by atoms with Crippen molar-refractivity contribution in [2.45, 2.75) is 36.9 Å². The van der Waals surface area contributed by atoms with Crippen molar-refractivity contribution in [2.24, 2.45) is 0 Å². The van der Waals surface area contributed by atoms with Crippen molar-refractivity contribution in [1.82, 2.24) is 9.62 Å². The van der Waals surface area contributed by atoms with E-state index in [9.17, 15) is 21.6 Å². The summed E-state index contributed by atoms with van der Waals surface area (Å²) in [6, 6.07) is 2.97. The van der Waals surface area contributed by atoms with Crippen molar-refractivity contribution < 1.29 is 21.6 Å². The summed E-state index contributed by atoms with van der Waals surface area (Å²) in [5.74, 6) is 0. The minimum atomic E-state index is -4.56. The fourth-order valence-electron chi connectivity index (χ4n) is 2.77. The third-order valence-corrected chi connectivity index (χ3v) is 5.83. The van der Waals surface area contributed by atoms with Gasteiger partial charge in [-0.2, -0.15) is 17.5 Å². The Hall–Kier alpha value is -0.830. The van der Waals surface area contributed by atoms with Gasteiger partial charge >= 0.3 is 6.18 Å². The molecule has 1 aliphatic rings. The molecule has 0 bridgehead atoms. The molecule has 0 aromatic heterocycles. The molecule has 9 heteroatoms. The van der Waals surface area contributed by atoms with E-state index in [1.807, 2.05) is 0 Å². The molecule has 2 rings (SSSR count). The first kappa shape index (κ1) is 20.2. The number of hydrogen-bond acceptors (Lipinski definition) is 3. The Balaban J connectivity index is 0.00000264. The van der Waals surface area contributed by atoms with Crippen molar-refractivity contribution in [3.63, 3.8) is 0 Å². The first-order chi connectivity index (χ1) is 10.2. The summed E-state index contributed by atoms with van der Waals surface area (Å²) >= 11 is 0. The number of benzene rings is 1. The number of hydrogen-bond donors (Lipinski definition) is 1. The third kappa shape index (κ3) is 4.17. The van der Waals surface area contributed by atoms with Crippen molar-refractivity contribution in [2.75, 3.05) is 20.1 Å². The molecule has 1 atom stereocenters. The van der Waals surface area contributed by atoms with Crippen molar-refractivity contribution in [1.29, 1.82) is 0 Å². The van der Waals surface area contributed by atoms with Gasteiger partial charge in [0.1, 0.15) is 0 Å². The maximum atomic E-state index is 13.0. The summed E-state index contributed by atoms with van der Waals surface area (Å²) in [6.45, 7) is 2.14. The number of alkyl halides is 3. The number of aryl methyl sites for hydroxylation is 1. The highest BCUT2D eigenvalue weighted by atomic mass is 35.5. The lowest BCUT2D eigenvalue weighted by molar-refractivity contribution is -0.138. The van der Waals surface area contributed by atoms with Gasteiger partial charge in [0.25, 0.3) is 0 Å². The molecular formula is C14H20ClF3N2O2S. The van der Waals surface area contributed by atoms with Crippen LogP contribution < -0.4 is 5.32 Å². The standard InChI is InChI=1S/C14H19F3N2O2S.ClH/c1-10-5-6-12(8-13(10)14(15,16)17)22(20,21)19-7-3-4-11(19)9-18-2;/h5-6,8,11,18H,3-4,7,9H2,1-2H3;1H. The highest BCUT2D eigenvalue weighted by Crippen LogP contribution is 2.34. The average molecular weight is 373 g/mol. The molecule has 0 amide bonds. The fraction of sp³-hybridized carbons (Fsp3) is 0.571. The summed E-state index contributed by atoms with van der Waals surface area (Å²) < 4.78 is 65.5. The maximum Gasteiger partial charge on any atom is 0.416 e. The topological polar surface area (TPSA) is 49.4 Å². The van der Waals surface area contributed by atoms with Gasteiger partial charge in [0.05, 0.1) is 10.5 Å². The molecule has 1 saturated heterocycles. The van der Waals surface area contributed by atoms with Gasteiger partial charge in [-0.05, 0) is 44.5 Å². The minimum absolute atomic E-state index is 0. The molecule has 132 valence electrons. The highest BCUT2D eigenvalue weighted by Gasteiger charge is 2.37. The predicted octanol–water partition coefficient (Wildman–Crippen LogP) is 2.81. The number of sulfonamides is 1. The SMILES string of the molecule is CNCC1CCCN1S(=O)(=O)c1ccc(C)c(C(F)(F)F)c1.Cl. The normalized spacial score (nSPS) is 19.6. The Morgan fingerprint density at radius 1 is 1.35 bits per heavy atom. The number of nitrogens with zero attached hydrogens (tertiary/aromatic N) is 1. The van der Waals surface area contributed by atoms with Gasteiger partial charge in [0, 0.05) is 19.1 Å². The van der Waals surface area contributed by atoms with Crippen LogP contribution in [0.3, 0.4) is 0 Å². The Morgan fingerprint density at radius 3 is 2.57 bits per heavy atom. The minimum Gasteiger partial charge on any atom is -0.318 e. The van der Waals surface area contributed by atoms with E-state index in [0.29, 0.717) is 25.9 Å². The summed E-state index contributed by atoms with van der Waals surface area (Å²) in [4.78, 5) is -0.298. The van der Waals surface area contributed by atoms with E-state index in [4.69, 9.17) is 0 Å². The van der Waals surface area contributed by atoms with E-state index in [1.165, 1.54) is 23.4 Å². The smallest absolute Gasteiger partial charge is 0.318 e. The van der Waals surface area contributed by atoms with Crippen molar-refractivity contribution >= 4 is 22.4 Å². The molecule has 1 fully saturated rings. The van der Waals surface area contributed by atoms with Gasteiger partial charge in [-0.1, -0.05) is 6.07 Å². The molecule has 1 aromatic carbocycles. The van der Waals surface area contributed by atoms with E-state index in [0.717, 1.165) is 6.07 Å². The number of likely N-dealkylation sites (N-methyl/N-ethyl adjacent to an activating group) is 1. The fourth-order valence-corrected chi connectivity index (χ4v) is 4.49. The number of nitrogens with one attached hydrogen (secondary N) is 1. The zero-order valence-corrected chi connectivity index (χ0v) is 14.5. The van der Waals surface area contributed by atoms with Gasteiger partial charge in [-0.25, -0.2) is 8.42 Å². The second-order valence-electron chi connectivity index (χ2n) is 5.44. The predicted molar refractivity (Wildman–Crippen MR) is 84.3 cm³/mol. The molecule has 1 unspecified atom stereocenters. The molecule has 0 spiro atoms. The van der Waals surface area contributed by atoms with E-state index in [-0.39, 0.29) is 28.9 Å². The summed E-state index contributed by atoms with van der Waals surface area (Å²) in [7, 11) is -2.20. The van der Waals surface area contributed by atoms with Crippen LogP contribution in [-0.4, -0.2) is 38.9 Å². The van der Waals surface area contributed by atoms with Crippen LogP contribution >= 0.6 is 12.4 Å². The highest BCUT2D eigenvalue weighted by molar-refractivity contribution is 7.89. The quantitative estimate of drug-likeness (QED) is 0.884. The van der Waals surface area contributed by atoms with Gasteiger partial charge in [-0.15, -0.1) is 12.4 Å². The lowest BCUT2D eigenvalue weighted by atomic mass is 10.1. The number of halogens is 4. The van der Waals surface area contributed by atoms with E-state index in [2.05, 4.69) is 5.32 Å². The van der Waals surface area contributed by atoms with Crippen LogP contribution in [0.5, 0.6) is 0 Å². The molecule has 4 nitrogen and oxygen atoms in total. The van der Waals surface area contributed by atoms with Crippen LogP contribution in [0.1, 0.15) is 24.0 Å². The molecule has 1 aliphatic heterocycles. The van der Waals surface area contributed by atoms with Gasteiger partial charge in [0.15, 0.2) is 0 Å². The van der Waals surface area contributed by atoms with Gasteiger partial charge in [0.2, 0.25) is 10.0 Å². The molecule has 1 aromatic rings. The zero-order valence-electron chi connectivity index (χ0n) is 12.9. The molecule has 0 aliphatic carbocycles. The van der Waals surface area contributed by atoms with Crippen molar-refractivity contribution in [3.05, 3.63) is 29.3 Å². The van der Waals surface area contributed by atoms with Crippen LogP contribution in [0.15, 0.2) is 23.1 Å². The largest absolute Gasteiger partial charge is 0.416 e. The molecule has 0 saturated carbocycles. The second kappa shape index (κ2) is 7.38. The molecule has 23 heavy (non-hydrogen) atoms. The summed E-state index contributed by atoms with van der Waals surface area (Å²) in [6.07, 6.45) is -3.15. The Kier molecular flexibility index (Phi) is 6.48. The molecular weight excluding hydrogens is 353 g/mol. The van der Waals surface area contributed by atoms with Crippen LogP contribution in [0.4, 0.5) is 13.2 Å². The Morgan fingerprint density at radius 2 is 2.00 bits per heavy atom. The average Bonchev–Trinajstić information content (AvgIpc) is 2.87. The molecule has 1 heterocycles. The van der Waals surface area contributed by atoms with Gasteiger partial charge < -0.3 is 5.32 Å². The van der Waals surface area contributed by atoms with Crippen LogP contribution in [0, 0.1) is 6.92 Å². The molecule has 1 N–H and O–H groups in total. The van der Waals surface area contributed by atoms with Crippen LogP contribution in [-0.2, 0) is 16.2 Å². The second-order valence-corrected chi connectivity index (χ2v) is 7.33. The lowest BCUT2D eigenvalue weighted by Crippen LogP contribution is -2.40. The van der Waals surface area contributed by atoms with Crippen molar-refractivity contribution in [3.8, 4) is 0 Å². The Bertz CT molecular complexity index is 650. The van der Waals surface area contributed by atoms with E-state index >= 15 is 0 Å². The summed E-state index contributed by atoms with van der Waals surface area (Å²) in [5, 5.41) is 2.92. The molecule has 0 radical (unpaired) electrons. The lowest BCUT2D eigenvalue weighted by Gasteiger charge is -2.24. The monoisotopic (exact) mass is 372 g/mol. The van der Waals surface area contributed by atoms with Gasteiger partial charge in [-0.3, -0.25) is 0 Å². The Labute approximate surface area is 140 Å². The zero-order chi connectivity index (χ0) is 16.5. The third-order valence-electron chi connectivity index (χ3n) is 3.88. The first-order valence-electron chi connectivity index (χ1n) is 7.02. The van der Waals surface area contributed by atoms with E-state index < -0.39 is 21.8 Å². The van der Waals surface area contributed by atoms with Crippen LogP contribution in [0.2, 0.25) is 0 Å². The first-order valence-corrected chi connectivity index (χ1v) is 8.46. The summed E-state index contributed by atoms with van der Waals surface area (Å²) in [5.41, 5.74) is -0.891. The maximum absolute atomic E-state index is 13.0.